The average Bonchev–Trinajstić information content (AvgIpc) is 2.48. The number of hydrogen-bond donors (Lipinski definition) is 0. The maximum atomic E-state index is 12.0. The number of rotatable bonds is 5. The highest BCUT2D eigenvalue weighted by atomic mass is 16.1. The summed E-state index contributed by atoms with van der Waals surface area (Å²) in [6.07, 6.45) is 3.87. The molecule has 0 bridgehead atoms. The minimum atomic E-state index is -0.721. The second kappa shape index (κ2) is 6.45. The molecular weight excluding hydrogens is 236 g/mol. The molecule has 0 aliphatic carbocycles. The van der Waals surface area contributed by atoms with E-state index in [9.17, 15) is 9.59 Å². The lowest BCUT2D eigenvalue weighted by Gasteiger charge is -2.06. The first-order valence-corrected chi connectivity index (χ1v) is 6.08. The van der Waals surface area contributed by atoms with Gasteiger partial charge in [0, 0.05) is 0 Å². The third-order valence-corrected chi connectivity index (χ3v) is 2.84. The van der Waals surface area contributed by atoms with Gasteiger partial charge in [-0.15, -0.1) is 0 Å². The van der Waals surface area contributed by atoms with Gasteiger partial charge in [0.2, 0.25) is 0 Å². The first-order valence-electron chi connectivity index (χ1n) is 6.08. The number of carbonyl (C=O) groups is 2. The van der Waals surface area contributed by atoms with Crippen LogP contribution in [0.25, 0.3) is 6.08 Å². The quantitative estimate of drug-likeness (QED) is 0.464. The van der Waals surface area contributed by atoms with Crippen molar-refractivity contribution < 1.29 is 9.59 Å². The van der Waals surface area contributed by atoms with Gasteiger partial charge < -0.3 is 4.79 Å². The molecule has 2 rings (SSSR count). The highest BCUT2D eigenvalue weighted by molar-refractivity contribution is 6.07. The van der Waals surface area contributed by atoms with E-state index in [4.69, 9.17) is 0 Å². The second-order valence-electron chi connectivity index (χ2n) is 4.17. The minimum Gasteiger partial charge on any atom is -0.302 e. The Bertz CT molecular complexity index is 571. The number of hydrogen-bond acceptors (Lipinski definition) is 2. The Kier molecular flexibility index (Phi) is 4.40. The van der Waals surface area contributed by atoms with Crippen molar-refractivity contribution in [1.82, 2.24) is 0 Å². The molecule has 0 spiro atoms. The van der Waals surface area contributed by atoms with Crippen molar-refractivity contribution in [1.29, 1.82) is 0 Å². The molecule has 0 radical (unpaired) electrons. The molecule has 2 nitrogen and oxygen atoms in total. The van der Waals surface area contributed by atoms with Crippen LogP contribution in [0.5, 0.6) is 0 Å². The predicted octanol–water partition coefficient (Wildman–Crippen LogP) is 3.25. The van der Waals surface area contributed by atoms with Crippen molar-refractivity contribution in [2.24, 2.45) is 0 Å². The van der Waals surface area contributed by atoms with Crippen LogP contribution in [0.3, 0.4) is 0 Å². The van der Waals surface area contributed by atoms with Gasteiger partial charge in [0.05, 0.1) is 0 Å². The first-order chi connectivity index (χ1) is 9.31. The summed E-state index contributed by atoms with van der Waals surface area (Å²) in [4.78, 5) is 23.1. The SMILES string of the molecule is O=C[C@H](C(=O)/C=C/c1ccccc1)c1ccccc1. The maximum absolute atomic E-state index is 12.0. The van der Waals surface area contributed by atoms with Gasteiger partial charge in [0.15, 0.2) is 5.78 Å². The van der Waals surface area contributed by atoms with E-state index in [0.29, 0.717) is 6.29 Å². The van der Waals surface area contributed by atoms with Gasteiger partial charge >= 0.3 is 0 Å². The molecule has 0 aliphatic rings. The van der Waals surface area contributed by atoms with Crippen molar-refractivity contribution in [3.8, 4) is 0 Å². The van der Waals surface area contributed by atoms with Crippen molar-refractivity contribution in [3.05, 3.63) is 77.9 Å². The standard InChI is InChI=1S/C17H14O2/c18-13-16(15-9-5-2-6-10-15)17(19)12-11-14-7-3-1-4-8-14/h1-13,16H/b12-11+/t16-/m0/s1. The summed E-state index contributed by atoms with van der Waals surface area (Å²) >= 11 is 0. The molecule has 0 amide bonds. The van der Waals surface area contributed by atoms with Crippen LogP contribution in [0.1, 0.15) is 17.0 Å². The lowest BCUT2D eigenvalue weighted by Crippen LogP contribution is -2.11. The second-order valence-corrected chi connectivity index (χ2v) is 4.17. The molecule has 94 valence electrons. The number of allylic oxidation sites excluding steroid dienone is 1. The van der Waals surface area contributed by atoms with Gasteiger partial charge in [-0.3, -0.25) is 4.79 Å². The Morgan fingerprint density at radius 2 is 1.47 bits per heavy atom. The van der Waals surface area contributed by atoms with Crippen LogP contribution in [0, 0.1) is 0 Å². The zero-order valence-corrected chi connectivity index (χ0v) is 10.4. The monoisotopic (exact) mass is 250 g/mol. The van der Waals surface area contributed by atoms with Gasteiger partial charge in [-0.05, 0) is 17.2 Å². The van der Waals surface area contributed by atoms with Crippen molar-refractivity contribution in [2.45, 2.75) is 5.92 Å². The predicted molar refractivity (Wildman–Crippen MR) is 75.7 cm³/mol. The van der Waals surface area contributed by atoms with E-state index in [2.05, 4.69) is 0 Å². The van der Waals surface area contributed by atoms with Crippen LogP contribution in [0.4, 0.5) is 0 Å². The van der Waals surface area contributed by atoms with Gasteiger partial charge in [0.1, 0.15) is 12.2 Å². The summed E-state index contributed by atoms with van der Waals surface area (Å²) in [5, 5.41) is 0. The highest BCUT2D eigenvalue weighted by Gasteiger charge is 2.16. The van der Waals surface area contributed by atoms with E-state index in [1.54, 1.807) is 18.2 Å². The molecule has 0 heterocycles. The molecule has 0 unspecified atom stereocenters. The fraction of sp³-hybridized carbons (Fsp3) is 0.0588. The lowest BCUT2D eigenvalue weighted by molar-refractivity contribution is -0.120. The van der Waals surface area contributed by atoms with E-state index >= 15 is 0 Å². The first kappa shape index (κ1) is 13.0. The Balaban J connectivity index is 2.14. The van der Waals surface area contributed by atoms with Crippen LogP contribution in [0.2, 0.25) is 0 Å². The van der Waals surface area contributed by atoms with Crippen molar-refractivity contribution in [2.75, 3.05) is 0 Å². The van der Waals surface area contributed by atoms with Gasteiger partial charge in [0.25, 0.3) is 0 Å². The van der Waals surface area contributed by atoms with Crippen LogP contribution in [0.15, 0.2) is 66.7 Å². The Morgan fingerprint density at radius 3 is 2.05 bits per heavy atom. The average molecular weight is 250 g/mol. The molecule has 1 atom stereocenters. The zero-order chi connectivity index (χ0) is 13.5. The summed E-state index contributed by atoms with van der Waals surface area (Å²) in [7, 11) is 0. The van der Waals surface area contributed by atoms with Crippen LogP contribution >= 0.6 is 0 Å². The normalized spacial score (nSPS) is 12.2. The summed E-state index contributed by atoms with van der Waals surface area (Å²) in [5.41, 5.74) is 1.66. The van der Waals surface area contributed by atoms with E-state index in [1.165, 1.54) is 6.08 Å². The molecule has 19 heavy (non-hydrogen) atoms. The fourth-order valence-electron chi connectivity index (χ4n) is 1.82. The highest BCUT2D eigenvalue weighted by Crippen LogP contribution is 2.15. The molecule has 0 aliphatic heterocycles. The van der Waals surface area contributed by atoms with Gasteiger partial charge in [-0.2, -0.15) is 0 Å². The van der Waals surface area contributed by atoms with Gasteiger partial charge in [-0.25, -0.2) is 0 Å². The van der Waals surface area contributed by atoms with Crippen molar-refractivity contribution in [3.63, 3.8) is 0 Å². The lowest BCUT2D eigenvalue weighted by atomic mass is 9.95. The summed E-state index contributed by atoms with van der Waals surface area (Å²) in [6.45, 7) is 0. The largest absolute Gasteiger partial charge is 0.302 e. The molecule has 0 fully saturated rings. The van der Waals surface area contributed by atoms with Crippen LogP contribution in [-0.2, 0) is 9.59 Å². The maximum Gasteiger partial charge on any atom is 0.170 e. The van der Waals surface area contributed by atoms with Gasteiger partial charge in [-0.1, -0.05) is 66.7 Å². The number of aldehydes is 1. The topological polar surface area (TPSA) is 34.1 Å². The molecule has 0 saturated heterocycles. The van der Waals surface area contributed by atoms with E-state index in [1.807, 2.05) is 48.5 Å². The van der Waals surface area contributed by atoms with E-state index in [0.717, 1.165) is 11.1 Å². The third-order valence-electron chi connectivity index (χ3n) is 2.84. The number of ketones is 1. The number of carbonyl (C=O) groups excluding carboxylic acids is 2. The molecule has 0 aromatic heterocycles. The number of benzene rings is 2. The molecule has 0 N–H and O–H groups in total. The fourth-order valence-corrected chi connectivity index (χ4v) is 1.82. The third kappa shape index (κ3) is 3.49. The summed E-state index contributed by atoms with van der Waals surface area (Å²) in [6, 6.07) is 18.6. The van der Waals surface area contributed by atoms with Crippen LogP contribution < -0.4 is 0 Å². The minimum absolute atomic E-state index is 0.204. The molecular formula is C17H14O2. The van der Waals surface area contributed by atoms with E-state index < -0.39 is 5.92 Å². The summed E-state index contributed by atoms with van der Waals surface area (Å²) < 4.78 is 0. The van der Waals surface area contributed by atoms with E-state index in [-0.39, 0.29) is 5.78 Å². The molecule has 2 heteroatoms. The summed E-state index contributed by atoms with van der Waals surface area (Å²) in [5.74, 6) is -0.925. The molecule has 2 aromatic carbocycles. The Morgan fingerprint density at radius 1 is 0.895 bits per heavy atom. The van der Waals surface area contributed by atoms with Crippen molar-refractivity contribution >= 4 is 18.1 Å². The zero-order valence-electron chi connectivity index (χ0n) is 10.4. The van der Waals surface area contributed by atoms with Crippen LogP contribution in [-0.4, -0.2) is 12.1 Å². The smallest absolute Gasteiger partial charge is 0.170 e. The Labute approximate surface area is 112 Å². The molecule has 0 saturated carbocycles. The molecule has 2 aromatic rings. The Hall–Kier alpha value is -2.48.